The van der Waals surface area contributed by atoms with Crippen LogP contribution < -0.4 is 11.1 Å². The summed E-state index contributed by atoms with van der Waals surface area (Å²) in [6.07, 6.45) is 7.79. The summed E-state index contributed by atoms with van der Waals surface area (Å²) in [5, 5.41) is 5.62. The Morgan fingerprint density at radius 3 is 2.89 bits per heavy atom. The molecule has 5 nitrogen and oxygen atoms in total. The fraction of sp³-hybridized carbons (Fsp3) is 0.318. The molecular weight excluding hydrogens is 336 g/mol. The molecule has 0 aliphatic carbocycles. The first-order chi connectivity index (χ1) is 13.3. The number of anilines is 1. The Morgan fingerprint density at radius 1 is 1.19 bits per heavy atom. The molecular formula is C22H24N4O. The lowest BCUT2D eigenvalue weighted by Crippen LogP contribution is -2.28. The van der Waals surface area contributed by atoms with E-state index in [1.807, 2.05) is 24.4 Å². The monoisotopic (exact) mass is 360 g/mol. The fourth-order valence-corrected chi connectivity index (χ4v) is 4.22. The number of hydrogen-bond acceptors (Lipinski definition) is 4. The lowest BCUT2D eigenvalue weighted by molar-refractivity contribution is 0.339. The molecule has 3 N–H and O–H groups in total. The summed E-state index contributed by atoms with van der Waals surface area (Å²) in [5.74, 6) is 2.10. The first kappa shape index (κ1) is 16.4. The van der Waals surface area contributed by atoms with Crippen LogP contribution in [0.15, 0.2) is 53.2 Å². The van der Waals surface area contributed by atoms with Crippen molar-refractivity contribution in [2.24, 2.45) is 5.92 Å². The van der Waals surface area contributed by atoms with Crippen molar-refractivity contribution in [3.63, 3.8) is 0 Å². The van der Waals surface area contributed by atoms with Crippen LogP contribution >= 0.6 is 0 Å². The predicted molar refractivity (Wildman–Crippen MR) is 110 cm³/mol. The minimum atomic E-state index is 0.512. The van der Waals surface area contributed by atoms with E-state index in [4.69, 9.17) is 10.2 Å². The normalized spacial score (nSPS) is 15.7. The smallest absolute Gasteiger partial charge is 0.139 e. The number of hydrogen-bond donors (Lipinski definition) is 2. The highest BCUT2D eigenvalue weighted by molar-refractivity contribution is 6.00. The van der Waals surface area contributed by atoms with Gasteiger partial charge in [0.2, 0.25) is 0 Å². The number of nitrogens with one attached hydrogen (secondary N) is 1. The number of aryl methyl sites for hydroxylation is 1. The van der Waals surface area contributed by atoms with Gasteiger partial charge in [0.1, 0.15) is 17.2 Å². The van der Waals surface area contributed by atoms with Gasteiger partial charge in [-0.1, -0.05) is 18.2 Å². The minimum Gasteiger partial charge on any atom is -0.456 e. The summed E-state index contributed by atoms with van der Waals surface area (Å²) in [5.41, 5.74) is 9.13. The summed E-state index contributed by atoms with van der Waals surface area (Å²) in [6, 6.07) is 12.2. The van der Waals surface area contributed by atoms with Gasteiger partial charge in [0.15, 0.2) is 0 Å². The molecule has 5 rings (SSSR count). The van der Waals surface area contributed by atoms with E-state index >= 15 is 0 Å². The highest BCUT2D eigenvalue weighted by Crippen LogP contribution is 2.36. The zero-order valence-corrected chi connectivity index (χ0v) is 15.3. The molecule has 4 aromatic rings. The van der Waals surface area contributed by atoms with Gasteiger partial charge in [0, 0.05) is 23.5 Å². The molecule has 3 aromatic heterocycles. The Bertz CT molecular complexity index is 1060. The van der Waals surface area contributed by atoms with Gasteiger partial charge in [0.05, 0.1) is 17.3 Å². The van der Waals surface area contributed by atoms with Gasteiger partial charge in [0.25, 0.3) is 0 Å². The lowest BCUT2D eigenvalue weighted by atomic mass is 9.95. The molecule has 4 heterocycles. The first-order valence-electron chi connectivity index (χ1n) is 9.72. The molecule has 0 amide bonds. The van der Waals surface area contributed by atoms with Crippen LogP contribution in [-0.2, 0) is 6.54 Å². The Kier molecular flexibility index (Phi) is 4.09. The molecule has 5 heteroatoms. The Morgan fingerprint density at radius 2 is 2.04 bits per heavy atom. The summed E-state index contributed by atoms with van der Waals surface area (Å²) in [7, 11) is 0. The van der Waals surface area contributed by atoms with Crippen molar-refractivity contribution in [1.82, 2.24) is 14.9 Å². The van der Waals surface area contributed by atoms with E-state index < -0.39 is 0 Å². The summed E-state index contributed by atoms with van der Waals surface area (Å²) < 4.78 is 8.37. The van der Waals surface area contributed by atoms with Crippen molar-refractivity contribution in [2.45, 2.75) is 25.8 Å². The highest BCUT2D eigenvalue weighted by Gasteiger charge is 2.17. The van der Waals surface area contributed by atoms with E-state index in [2.05, 4.69) is 39.3 Å². The zero-order valence-electron chi connectivity index (χ0n) is 15.3. The second kappa shape index (κ2) is 6.74. The van der Waals surface area contributed by atoms with Crippen molar-refractivity contribution in [3.05, 3.63) is 48.8 Å². The minimum absolute atomic E-state index is 0.512. The van der Waals surface area contributed by atoms with Crippen LogP contribution in [-0.4, -0.2) is 22.6 Å². The average molecular weight is 360 g/mol. The molecule has 27 heavy (non-hydrogen) atoms. The second-order valence-electron chi connectivity index (χ2n) is 7.46. The third kappa shape index (κ3) is 2.98. The molecule has 1 aliphatic heterocycles. The number of nitrogens with zero attached hydrogens (tertiary/aromatic N) is 2. The number of para-hydroxylation sites is 1. The summed E-state index contributed by atoms with van der Waals surface area (Å²) in [6.45, 7) is 3.30. The number of piperidine rings is 1. The number of rotatable bonds is 4. The van der Waals surface area contributed by atoms with Crippen molar-refractivity contribution >= 4 is 27.7 Å². The van der Waals surface area contributed by atoms with Crippen LogP contribution in [0.4, 0.5) is 5.82 Å². The molecule has 0 spiro atoms. The van der Waals surface area contributed by atoms with Gasteiger partial charge in [-0.2, -0.15) is 0 Å². The second-order valence-corrected chi connectivity index (χ2v) is 7.46. The zero-order chi connectivity index (χ0) is 18.2. The number of nitrogens with two attached hydrogens (primary N) is 1. The highest BCUT2D eigenvalue weighted by atomic mass is 16.3. The van der Waals surface area contributed by atoms with Crippen molar-refractivity contribution < 1.29 is 4.42 Å². The van der Waals surface area contributed by atoms with Crippen LogP contribution in [0.2, 0.25) is 0 Å². The molecule has 1 aliphatic rings. The first-order valence-corrected chi connectivity index (χ1v) is 9.72. The lowest BCUT2D eigenvalue weighted by Gasteiger charge is -2.22. The Labute approximate surface area is 158 Å². The maximum atomic E-state index is 6.25. The Balaban J connectivity index is 1.51. The molecule has 0 saturated carbocycles. The maximum absolute atomic E-state index is 6.25. The number of furan rings is 1. The molecule has 0 atom stereocenters. The standard InChI is InChI=1S/C22H24N4O/c23-22-21(20-13-16-3-1-2-4-19(16)27-20)17-8-12-26(18(17)14-25-22)11-7-15-5-9-24-10-6-15/h1-4,8,12-15,24H,5-7,9-11H2,(H2,23,25). The van der Waals surface area contributed by atoms with E-state index in [1.165, 1.54) is 19.3 Å². The number of pyridine rings is 1. The van der Waals surface area contributed by atoms with E-state index in [0.717, 1.165) is 58.7 Å². The van der Waals surface area contributed by atoms with Gasteiger partial charge in [-0.3, -0.25) is 0 Å². The molecule has 0 bridgehead atoms. The van der Waals surface area contributed by atoms with Crippen LogP contribution in [0.1, 0.15) is 19.3 Å². The van der Waals surface area contributed by atoms with Gasteiger partial charge in [-0.15, -0.1) is 0 Å². The van der Waals surface area contributed by atoms with Gasteiger partial charge >= 0.3 is 0 Å². The summed E-state index contributed by atoms with van der Waals surface area (Å²) >= 11 is 0. The van der Waals surface area contributed by atoms with E-state index in [9.17, 15) is 0 Å². The SMILES string of the molecule is Nc1ncc2c(ccn2CCC2CCNCC2)c1-c1cc2ccccc2o1. The summed E-state index contributed by atoms with van der Waals surface area (Å²) in [4.78, 5) is 4.47. The number of fused-ring (bicyclic) bond motifs is 2. The molecule has 0 radical (unpaired) electrons. The van der Waals surface area contributed by atoms with Crippen molar-refractivity contribution in [1.29, 1.82) is 0 Å². The average Bonchev–Trinajstić information content (AvgIpc) is 3.31. The number of aromatic nitrogens is 2. The van der Waals surface area contributed by atoms with Gasteiger partial charge < -0.3 is 20.0 Å². The van der Waals surface area contributed by atoms with Crippen LogP contribution in [0.3, 0.4) is 0 Å². The molecule has 1 saturated heterocycles. The van der Waals surface area contributed by atoms with Gasteiger partial charge in [-0.25, -0.2) is 4.98 Å². The molecule has 1 aromatic carbocycles. The van der Waals surface area contributed by atoms with E-state index in [-0.39, 0.29) is 0 Å². The third-order valence-electron chi connectivity index (χ3n) is 5.77. The van der Waals surface area contributed by atoms with E-state index in [0.29, 0.717) is 5.82 Å². The van der Waals surface area contributed by atoms with Gasteiger partial charge in [-0.05, 0) is 56.5 Å². The van der Waals surface area contributed by atoms with E-state index in [1.54, 1.807) is 0 Å². The molecule has 0 unspecified atom stereocenters. The van der Waals surface area contributed by atoms with Crippen LogP contribution in [0.25, 0.3) is 33.2 Å². The molecule has 1 fully saturated rings. The quantitative estimate of drug-likeness (QED) is 0.565. The van der Waals surface area contributed by atoms with Crippen LogP contribution in [0.5, 0.6) is 0 Å². The fourth-order valence-electron chi connectivity index (χ4n) is 4.22. The number of benzene rings is 1. The topological polar surface area (TPSA) is 69.0 Å². The maximum Gasteiger partial charge on any atom is 0.139 e. The number of nitrogen functional groups attached to an aromatic ring is 1. The Hall–Kier alpha value is -2.79. The van der Waals surface area contributed by atoms with Crippen LogP contribution in [0, 0.1) is 5.92 Å². The molecule has 138 valence electrons. The largest absolute Gasteiger partial charge is 0.456 e. The van der Waals surface area contributed by atoms with Crippen molar-refractivity contribution in [2.75, 3.05) is 18.8 Å². The third-order valence-corrected chi connectivity index (χ3v) is 5.77. The van der Waals surface area contributed by atoms with Crippen molar-refractivity contribution in [3.8, 4) is 11.3 Å². The predicted octanol–water partition coefficient (Wildman–Crippen LogP) is 4.42.